The lowest BCUT2D eigenvalue weighted by atomic mass is 10.0. The van der Waals surface area contributed by atoms with E-state index in [-0.39, 0.29) is 5.91 Å². The average molecular weight is 375 g/mol. The maximum absolute atomic E-state index is 12.7. The number of hydrogen-bond donors (Lipinski definition) is 0. The van der Waals surface area contributed by atoms with Crippen molar-refractivity contribution in [2.24, 2.45) is 0 Å². The molecule has 0 bridgehead atoms. The Balaban J connectivity index is 1.40. The molecule has 0 N–H and O–H groups in total. The van der Waals surface area contributed by atoms with Gasteiger partial charge in [-0.1, -0.05) is 61.5 Å². The molecular weight excluding hydrogens is 350 g/mol. The Hall–Kier alpha value is -2.95. The molecule has 1 aliphatic heterocycles. The van der Waals surface area contributed by atoms with E-state index < -0.39 is 0 Å². The van der Waals surface area contributed by atoms with Gasteiger partial charge in [-0.3, -0.25) is 4.79 Å². The second kappa shape index (κ2) is 7.97. The number of hydrogen-bond acceptors (Lipinski definition) is 4. The molecule has 0 atom stereocenters. The van der Waals surface area contributed by atoms with E-state index in [2.05, 4.69) is 42.2 Å². The first-order chi connectivity index (χ1) is 13.6. The first kappa shape index (κ1) is 18.4. The highest BCUT2D eigenvalue weighted by Gasteiger charge is 2.22. The van der Waals surface area contributed by atoms with E-state index in [1.165, 1.54) is 11.1 Å². The number of rotatable bonds is 5. The number of anilines is 1. The lowest BCUT2D eigenvalue weighted by molar-refractivity contribution is -0.118. The number of nitrogens with zero attached hydrogens (tertiary/aromatic N) is 3. The molecule has 28 heavy (non-hydrogen) atoms. The third-order valence-corrected chi connectivity index (χ3v) is 5.27. The molecule has 0 aliphatic carbocycles. The quantitative estimate of drug-likeness (QED) is 0.644. The van der Waals surface area contributed by atoms with Gasteiger partial charge in [0.1, 0.15) is 0 Å². The summed E-state index contributed by atoms with van der Waals surface area (Å²) in [6.45, 7) is 5.10. The maximum Gasteiger partial charge on any atom is 0.227 e. The van der Waals surface area contributed by atoms with Gasteiger partial charge in [-0.15, -0.1) is 0 Å². The molecule has 144 valence electrons. The second-order valence-corrected chi connectivity index (χ2v) is 7.57. The molecule has 0 saturated carbocycles. The zero-order valence-electron chi connectivity index (χ0n) is 16.4. The van der Waals surface area contributed by atoms with Crippen molar-refractivity contribution in [2.75, 3.05) is 11.4 Å². The zero-order chi connectivity index (χ0) is 19.5. The van der Waals surface area contributed by atoms with Crippen LogP contribution in [-0.4, -0.2) is 22.6 Å². The van der Waals surface area contributed by atoms with Gasteiger partial charge in [-0.05, 0) is 36.0 Å². The Kier molecular flexibility index (Phi) is 5.24. The Bertz CT molecular complexity index is 960. The summed E-state index contributed by atoms with van der Waals surface area (Å²) < 4.78 is 5.37. The van der Waals surface area contributed by atoms with Crippen LogP contribution in [0.1, 0.15) is 49.6 Å². The number of para-hydroxylation sites is 1. The zero-order valence-corrected chi connectivity index (χ0v) is 16.4. The summed E-state index contributed by atoms with van der Waals surface area (Å²) in [5, 5.41) is 4.08. The van der Waals surface area contributed by atoms with Crippen molar-refractivity contribution in [1.82, 2.24) is 10.1 Å². The van der Waals surface area contributed by atoms with E-state index in [0.717, 1.165) is 30.6 Å². The van der Waals surface area contributed by atoms with Crippen LogP contribution in [0.5, 0.6) is 0 Å². The Morgan fingerprint density at radius 2 is 1.93 bits per heavy atom. The normalized spacial score (nSPS) is 13.6. The number of aromatic nitrogens is 2. The van der Waals surface area contributed by atoms with Gasteiger partial charge in [0.25, 0.3) is 0 Å². The van der Waals surface area contributed by atoms with E-state index >= 15 is 0 Å². The van der Waals surface area contributed by atoms with Crippen LogP contribution in [-0.2, 0) is 17.6 Å². The summed E-state index contributed by atoms with van der Waals surface area (Å²) in [6, 6.07) is 16.3. The minimum atomic E-state index is 0.105. The largest absolute Gasteiger partial charge is 0.339 e. The molecule has 1 aromatic heterocycles. The molecule has 5 heteroatoms. The molecule has 1 aliphatic rings. The Labute approximate surface area is 165 Å². The van der Waals surface area contributed by atoms with Crippen LogP contribution in [0, 0.1) is 0 Å². The second-order valence-electron chi connectivity index (χ2n) is 7.57. The highest BCUT2D eigenvalue weighted by Crippen LogP contribution is 2.27. The van der Waals surface area contributed by atoms with Crippen LogP contribution in [0.15, 0.2) is 53.1 Å². The van der Waals surface area contributed by atoms with Crippen LogP contribution >= 0.6 is 0 Å². The van der Waals surface area contributed by atoms with Gasteiger partial charge in [0.2, 0.25) is 17.6 Å². The van der Waals surface area contributed by atoms with Gasteiger partial charge >= 0.3 is 0 Å². The molecule has 0 saturated heterocycles. The predicted molar refractivity (Wildman–Crippen MR) is 109 cm³/mol. The fourth-order valence-corrected chi connectivity index (χ4v) is 3.63. The summed E-state index contributed by atoms with van der Waals surface area (Å²) in [5.74, 6) is 1.66. The Morgan fingerprint density at radius 3 is 2.71 bits per heavy atom. The van der Waals surface area contributed by atoms with E-state index in [9.17, 15) is 4.79 Å². The first-order valence-corrected chi connectivity index (χ1v) is 9.93. The van der Waals surface area contributed by atoms with Crippen LogP contribution < -0.4 is 4.90 Å². The van der Waals surface area contributed by atoms with Gasteiger partial charge in [0, 0.05) is 30.6 Å². The molecule has 0 radical (unpaired) electrons. The summed E-state index contributed by atoms with van der Waals surface area (Å²) in [4.78, 5) is 19.1. The monoisotopic (exact) mass is 375 g/mol. The number of benzene rings is 2. The molecule has 0 spiro atoms. The Morgan fingerprint density at radius 1 is 1.14 bits per heavy atom. The van der Waals surface area contributed by atoms with Crippen LogP contribution in [0.3, 0.4) is 0 Å². The molecule has 4 rings (SSSR count). The highest BCUT2D eigenvalue weighted by molar-refractivity contribution is 5.94. The smallest absolute Gasteiger partial charge is 0.227 e. The fraction of sp³-hybridized carbons (Fsp3) is 0.348. The van der Waals surface area contributed by atoms with Crippen molar-refractivity contribution in [3.05, 3.63) is 65.5 Å². The lowest BCUT2D eigenvalue weighted by Gasteiger charge is -2.29. The number of amides is 1. The maximum atomic E-state index is 12.7. The molecule has 1 amide bonds. The number of aryl methyl sites for hydroxylation is 2. The van der Waals surface area contributed by atoms with Crippen molar-refractivity contribution >= 4 is 11.6 Å². The van der Waals surface area contributed by atoms with E-state index in [0.29, 0.717) is 30.5 Å². The first-order valence-electron chi connectivity index (χ1n) is 9.93. The topological polar surface area (TPSA) is 59.2 Å². The van der Waals surface area contributed by atoms with Crippen molar-refractivity contribution in [3.63, 3.8) is 0 Å². The standard InChI is InChI=1S/C23H25N3O2/c1-16(2)17-9-11-19(12-10-17)23-24-21(28-25-23)13-14-22(27)26-15-5-7-18-6-3-4-8-20(18)26/h3-4,6,8-12,16H,5,7,13-15H2,1-2H3. The highest BCUT2D eigenvalue weighted by atomic mass is 16.5. The van der Waals surface area contributed by atoms with E-state index in [1.807, 2.05) is 35.2 Å². The van der Waals surface area contributed by atoms with Crippen molar-refractivity contribution in [2.45, 2.75) is 45.4 Å². The van der Waals surface area contributed by atoms with Crippen molar-refractivity contribution < 1.29 is 9.32 Å². The van der Waals surface area contributed by atoms with Gasteiger partial charge in [-0.2, -0.15) is 4.98 Å². The molecule has 2 heterocycles. The average Bonchev–Trinajstić information content (AvgIpc) is 3.20. The number of fused-ring (bicyclic) bond motifs is 1. The molecular formula is C23H25N3O2. The molecule has 2 aromatic carbocycles. The summed E-state index contributed by atoms with van der Waals surface area (Å²) >= 11 is 0. The number of carbonyl (C=O) groups excluding carboxylic acids is 1. The summed E-state index contributed by atoms with van der Waals surface area (Å²) in [6.07, 6.45) is 2.85. The third-order valence-electron chi connectivity index (χ3n) is 5.27. The third kappa shape index (κ3) is 3.84. The summed E-state index contributed by atoms with van der Waals surface area (Å²) in [5.41, 5.74) is 4.48. The molecule has 3 aromatic rings. The van der Waals surface area contributed by atoms with Crippen LogP contribution in [0.2, 0.25) is 0 Å². The van der Waals surface area contributed by atoms with Gasteiger partial charge < -0.3 is 9.42 Å². The van der Waals surface area contributed by atoms with Crippen LogP contribution in [0.25, 0.3) is 11.4 Å². The SMILES string of the molecule is CC(C)c1ccc(-c2noc(CCC(=O)N3CCCc4ccccc43)n2)cc1. The minimum Gasteiger partial charge on any atom is -0.339 e. The lowest BCUT2D eigenvalue weighted by Crippen LogP contribution is -2.35. The molecule has 0 unspecified atom stereocenters. The molecule has 0 fully saturated rings. The minimum absolute atomic E-state index is 0.105. The van der Waals surface area contributed by atoms with Crippen molar-refractivity contribution in [1.29, 1.82) is 0 Å². The van der Waals surface area contributed by atoms with Gasteiger partial charge in [0.15, 0.2) is 0 Å². The summed E-state index contributed by atoms with van der Waals surface area (Å²) in [7, 11) is 0. The van der Waals surface area contributed by atoms with Crippen molar-refractivity contribution in [3.8, 4) is 11.4 Å². The van der Waals surface area contributed by atoms with Gasteiger partial charge in [-0.25, -0.2) is 0 Å². The molecule has 5 nitrogen and oxygen atoms in total. The van der Waals surface area contributed by atoms with E-state index in [4.69, 9.17) is 4.52 Å². The van der Waals surface area contributed by atoms with Gasteiger partial charge in [0.05, 0.1) is 0 Å². The van der Waals surface area contributed by atoms with Crippen LogP contribution in [0.4, 0.5) is 5.69 Å². The predicted octanol–water partition coefficient (Wildman–Crippen LogP) is 4.77. The van der Waals surface area contributed by atoms with E-state index in [1.54, 1.807) is 0 Å². The number of carbonyl (C=O) groups is 1. The fourth-order valence-electron chi connectivity index (χ4n) is 3.63.